The van der Waals surface area contributed by atoms with Gasteiger partial charge in [-0.15, -0.1) is 0 Å². The summed E-state index contributed by atoms with van der Waals surface area (Å²) in [7, 11) is 0. The van der Waals surface area contributed by atoms with Gasteiger partial charge in [0.05, 0.1) is 0 Å². The van der Waals surface area contributed by atoms with Crippen molar-refractivity contribution in [2.45, 2.75) is 11.7 Å². The molecule has 0 saturated heterocycles. The van der Waals surface area contributed by atoms with E-state index in [1.54, 1.807) is 0 Å². The van der Waals surface area contributed by atoms with Crippen LogP contribution in [0.15, 0.2) is 0 Å². The van der Waals surface area contributed by atoms with Gasteiger partial charge in [0.1, 0.15) is 0 Å². The molecule has 0 N–H and O–H groups in total. The van der Waals surface area contributed by atoms with Crippen LogP contribution in [-0.2, 0) is 0 Å². The first-order valence-electron chi connectivity index (χ1n) is 1.72. The molecule has 26 valence electrons. The van der Waals surface area contributed by atoms with Crippen LogP contribution in [0.1, 0.15) is 6.42 Å². The first-order valence-corrected chi connectivity index (χ1v) is 3.17. The van der Waals surface area contributed by atoms with E-state index in [1.807, 2.05) is 0 Å². The molecular formula is C3H7AlS+2. The molecule has 2 heteroatoms. The maximum atomic E-state index is 3.99. The summed E-state index contributed by atoms with van der Waals surface area (Å²) in [5.41, 5.74) is 0. The predicted octanol–water partition coefficient (Wildman–Crippen LogP) is 0.893. The summed E-state index contributed by atoms with van der Waals surface area (Å²) < 4.78 is 0. The zero-order valence-corrected chi connectivity index (χ0v) is 5.20. The normalized spacial score (nSPS) is 8.60. The van der Waals surface area contributed by atoms with E-state index < -0.39 is 0 Å². The second-order valence-electron chi connectivity index (χ2n) is 0.866. The first kappa shape index (κ1) is 5.88. The fourth-order valence-corrected chi connectivity index (χ4v) is 0.822. The molecule has 0 aromatic heterocycles. The monoisotopic (exact) mass is 102 g/mol. The van der Waals surface area contributed by atoms with Crippen molar-refractivity contribution in [1.82, 2.24) is 0 Å². The van der Waals surface area contributed by atoms with Crippen LogP contribution in [0.2, 0.25) is 5.28 Å². The zero-order chi connectivity index (χ0) is 4.12. The van der Waals surface area contributed by atoms with Gasteiger partial charge in [0.25, 0.3) is 0 Å². The molecule has 5 heavy (non-hydrogen) atoms. The molecule has 0 nitrogen and oxygen atoms in total. The zero-order valence-electron chi connectivity index (χ0n) is 3.15. The standard InChI is InChI=1S/C3H7S.Al/c1-2-3-4;/h4H,1-3H2;/q;+2. The van der Waals surface area contributed by atoms with Gasteiger partial charge in [-0.05, 0) is 0 Å². The molecule has 0 rings (SSSR count). The van der Waals surface area contributed by atoms with Gasteiger partial charge in [-0.25, -0.2) is 0 Å². The van der Waals surface area contributed by atoms with Crippen LogP contribution in [0.5, 0.6) is 0 Å². The van der Waals surface area contributed by atoms with Crippen LogP contribution >= 0.6 is 12.6 Å². The van der Waals surface area contributed by atoms with Crippen molar-refractivity contribution in [2.24, 2.45) is 0 Å². The van der Waals surface area contributed by atoms with Gasteiger partial charge in [0.2, 0.25) is 0 Å². The molecule has 0 saturated carbocycles. The summed E-state index contributed by atoms with van der Waals surface area (Å²) >= 11 is 6.64. The minimum absolute atomic E-state index is 1.02. The first-order chi connectivity index (χ1) is 2.41. The molecule has 0 radical (unpaired) electrons. The molecule has 0 spiro atoms. The maximum absolute atomic E-state index is 3.99. The summed E-state index contributed by atoms with van der Waals surface area (Å²) in [6, 6.07) is 0. The third-order valence-electron chi connectivity index (χ3n) is 0.362. The average Bonchev–Trinajstić information content (AvgIpc) is 1.41. The van der Waals surface area contributed by atoms with E-state index in [9.17, 15) is 0 Å². The van der Waals surface area contributed by atoms with Crippen LogP contribution in [0.3, 0.4) is 0 Å². The Bertz CT molecular complexity index is 14.4. The molecule has 0 fully saturated rings. The topological polar surface area (TPSA) is 0 Å². The molecule has 0 aromatic carbocycles. The molecule has 0 atom stereocenters. The van der Waals surface area contributed by atoms with Gasteiger partial charge in [-0.3, -0.25) is 0 Å². The van der Waals surface area contributed by atoms with Crippen molar-refractivity contribution in [1.29, 1.82) is 0 Å². The van der Waals surface area contributed by atoms with Crippen molar-refractivity contribution < 1.29 is 0 Å². The van der Waals surface area contributed by atoms with Gasteiger partial charge in [0.15, 0.2) is 0 Å². The Kier molecular flexibility index (Phi) is 5.74. The molecule has 0 amide bonds. The van der Waals surface area contributed by atoms with E-state index >= 15 is 0 Å². The Morgan fingerprint density at radius 3 is 2.20 bits per heavy atom. The van der Waals surface area contributed by atoms with Gasteiger partial charge in [-0.1, -0.05) is 0 Å². The third-order valence-corrected chi connectivity index (χ3v) is 1.09. The van der Waals surface area contributed by atoms with Gasteiger partial charge >= 0.3 is 46.4 Å². The van der Waals surface area contributed by atoms with Crippen LogP contribution in [0, 0.1) is 0 Å². The van der Waals surface area contributed by atoms with E-state index in [4.69, 9.17) is 0 Å². The van der Waals surface area contributed by atoms with Crippen LogP contribution < -0.4 is 0 Å². The van der Waals surface area contributed by atoms with Crippen molar-refractivity contribution in [3.05, 3.63) is 0 Å². The SMILES string of the molecule is [Al+2][CH2]CCS. The van der Waals surface area contributed by atoms with Gasteiger partial charge in [-0.2, -0.15) is 0 Å². The number of hydrogen-bond acceptors (Lipinski definition) is 1. The second kappa shape index (κ2) is 4.88. The van der Waals surface area contributed by atoms with E-state index in [-0.39, 0.29) is 0 Å². The Labute approximate surface area is 46.8 Å². The third kappa shape index (κ3) is 4.88. The number of thiol groups is 1. The Balaban J connectivity index is 2.19. The van der Waals surface area contributed by atoms with Crippen molar-refractivity contribution in [3.63, 3.8) is 0 Å². The van der Waals surface area contributed by atoms with Crippen molar-refractivity contribution in [3.8, 4) is 0 Å². The summed E-state index contributed by atoms with van der Waals surface area (Å²) in [5, 5.41) is 1.18. The minimum atomic E-state index is 1.02. The fourth-order valence-electron chi connectivity index (χ4n) is 0.0913. The molecule has 0 aliphatic carbocycles. The van der Waals surface area contributed by atoms with Crippen molar-refractivity contribution >= 4 is 28.9 Å². The fraction of sp³-hybridized carbons (Fsp3) is 1.00. The average molecular weight is 102 g/mol. The van der Waals surface area contributed by atoms with Gasteiger partial charge in [0, 0.05) is 0 Å². The van der Waals surface area contributed by atoms with E-state index in [1.165, 1.54) is 11.7 Å². The van der Waals surface area contributed by atoms with Crippen LogP contribution in [0.4, 0.5) is 0 Å². The molecule has 0 aliphatic heterocycles. The van der Waals surface area contributed by atoms with Gasteiger partial charge < -0.3 is 0 Å². The van der Waals surface area contributed by atoms with Crippen molar-refractivity contribution in [2.75, 3.05) is 5.75 Å². The molecule has 0 heterocycles. The summed E-state index contributed by atoms with van der Waals surface area (Å²) in [4.78, 5) is 0. The summed E-state index contributed by atoms with van der Waals surface area (Å²) in [6.07, 6.45) is 1.22. The van der Waals surface area contributed by atoms with E-state index in [2.05, 4.69) is 28.9 Å². The Morgan fingerprint density at radius 1 is 1.60 bits per heavy atom. The van der Waals surface area contributed by atoms with Crippen LogP contribution in [0.25, 0.3) is 0 Å². The van der Waals surface area contributed by atoms with Crippen LogP contribution in [-0.4, -0.2) is 22.0 Å². The summed E-state index contributed by atoms with van der Waals surface area (Å²) in [5.74, 6) is 1.02. The molecular weight excluding hydrogens is 95.1 g/mol. The molecule has 0 aromatic rings. The molecule has 0 aliphatic rings. The van der Waals surface area contributed by atoms with E-state index in [0.717, 1.165) is 5.75 Å². The predicted molar refractivity (Wildman–Crippen MR) is 29.0 cm³/mol. The molecule has 0 unspecified atom stereocenters. The van der Waals surface area contributed by atoms with E-state index in [0.29, 0.717) is 0 Å². The Hall–Kier alpha value is 0.882. The quantitative estimate of drug-likeness (QED) is 0.388. The number of rotatable bonds is 2. The molecule has 0 bridgehead atoms. The Morgan fingerprint density at radius 2 is 2.20 bits per heavy atom. The number of hydrogen-bond donors (Lipinski definition) is 1. The second-order valence-corrected chi connectivity index (χ2v) is 1.89. The summed E-state index contributed by atoms with van der Waals surface area (Å²) in [6.45, 7) is 0.